The zero-order chi connectivity index (χ0) is 40.3. The van der Waals surface area contributed by atoms with E-state index in [1.165, 1.54) is 64.3 Å². The van der Waals surface area contributed by atoms with E-state index in [9.17, 15) is 0 Å². The van der Waals surface area contributed by atoms with Crippen molar-refractivity contribution >= 4 is 81.3 Å². The molecule has 0 radical (unpaired) electrons. The van der Waals surface area contributed by atoms with Crippen LogP contribution in [0.5, 0.6) is 0 Å². The van der Waals surface area contributed by atoms with E-state index in [-0.39, 0.29) is 0 Å². The maximum absolute atomic E-state index is 6.31. The predicted molar refractivity (Wildman–Crippen MR) is 261 cm³/mol. The van der Waals surface area contributed by atoms with Gasteiger partial charge in [0.25, 0.3) is 0 Å². The van der Waals surface area contributed by atoms with Crippen LogP contribution in [0.25, 0.3) is 97.4 Å². The number of benzene rings is 10. The summed E-state index contributed by atoms with van der Waals surface area (Å²) in [5, 5.41) is 7.42. The summed E-state index contributed by atoms with van der Waals surface area (Å²) < 4.78 is 8.93. The van der Waals surface area contributed by atoms with Gasteiger partial charge in [0.15, 0.2) is 0 Å². The summed E-state index contributed by atoms with van der Waals surface area (Å²) in [5.41, 5.74) is 14.6. The van der Waals surface area contributed by atoms with Crippen LogP contribution in [0.1, 0.15) is 0 Å². The quantitative estimate of drug-likeness (QED) is 0.160. The molecule has 0 amide bonds. The molecule has 0 unspecified atom stereocenters. The van der Waals surface area contributed by atoms with Gasteiger partial charge in [-0.15, -0.1) is 11.3 Å². The number of thiophene rings is 1. The minimum Gasteiger partial charge on any atom is -0.456 e. The molecule has 286 valence electrons. The molecule has 0 aliphatic heterocycles. The van der Waals surface area contributed by atoms with Gasteiger partial charge in [-0.1, -0.05) is 164 Å². The molecular weight excluding hydrogens is 759 g/mol. The Morgan fingerprint density at radius 3 is 1.64 bits per heavy atom. The molecule has 0 saturated heterocycles. The normalized spacial score (nSPS) is 11.6. The molecule has 3 heteroatoms. The van der Waals surface area contributed by atoms with E-state index in [0.717, 1.165) is 50.1 Å². The highest BCUT2D eigenvalue weighted by atomic mass is 32.1. The molecule has 2 nitrogen and oxygen atoms in total. The third-order valence-corrected chi connectivity index (χ3v) is 13.2. The summed E-state index contributed by atoms with van der Waals surface area (Å²) in [5.74, 6) is 0. The fourth-order valence-corrected chi connectivity index (χ4v) is 10.3. The molecule has 0 bridgehead atoms. The van der Waals surface area contributed by atoms with E-state index < -0.39 is 0 Å². The largest absolute Gasteiger partial charge is 0.456 e. The minimum absolute atomic E-state index is 0.894. The van der Waals surface area contributed by atoms with Crippen LogP contribution in [0.3, 0.4) is 0 Å². The van der Waals surface area contributed by atoms with Crippen LogP contribution < -0.4 is 4.90 Å². The SMILES string of the molecule is c1cc(-c2cccc3oc4ccccc4c23)cc(N(c2ccc(-c3ccc(-c4cccc5ccccc45)cc3)cc2)c2ccc(-c3cccc4sc5ccccc5c34)cc2)c1. The number of furan rings is 1. The second kappa shape index (κ2) is 14.5. The topological polar surface area (TPSA) is 16.4 Å². The second-order valence-electron chi connectivity index (χ2n) is 15.6. The van der Waals surface area contributed by atoms with Crippen LogP contribution in [-0.4, -0.2) is 0 Å². The van der Waals surface area contributed by atoms with Crippen molar-refractivity contribution in [2.45, 2.75) is 0 Å². The van der Waals surface area contributed by atoms with Gasteiger partial charge in [0.1, 0.15) is 11.2 Å². The third kappa shape index (κ3) is 6.09. The average molecular weight is 796 g/mol. The fraction of sp³-hybridized carbons (Fsp3) is 0. The zero-order valence-electron chi connectivity index (χ0n) is 33.1. The fourth-order valence-electron chi connectivity index (χ4n) is 9.20. The molecule has 12 rings (SSSR count). The number of anilines is 3. The van der Waals surface area contributed by atoms with Gasteiger partial charge in [-0.25, -0.2) is 0 Å². The first-order valence-electron chi connectivity index (χ1n) is 20.7. The molecule has 0 fully saturated rings. The molecule has 10 aromatic carbocycles. The summed E-state index contributed by atoms with van der Waals surface area (Å²) in [4.78, 5) is 2.37. The average Bonchev–Trinajstić information content (AvgIpc) is 3.91. The lowest BCUT2D eigenvalue weighted by Crippen LogP contribution is -2.10. The minimum atomic E-state index is 0.894. The molecule has 2 aromatic heterocycles. The number of fused-ring (bicyclic) bond motifs is 7. The lowest BCUT2D eigenvalue weighted by molar-refractivity contribution is 0.669. The third-order valence-electron chi connectivity index (χ3n) is 12.1. The molecule has 0 atom stereocenters. The van der Waals surface area contributed by atoms with Crippen LogP contribution in [0.15, 0.2) is 229 Å². The first kappa shape index (κ1) is 35.2. The molecule has 0 saturated carbocycles. The van der Waals surface area contributed by atoms with Crippen molar-refractivity contribution in [3.8, 4) is 44.5 Å². The van der Waals surface area contributed by atoms with Crippen molar-refractivity contribution in [1.82, 2.24) is 0 Å². The smallest absolute Gasteiger partial charge is 0.136 e. The number of para-hydroxylation sites is 1. The van der Waals surface area contributed by atoms with Crippen molar-refractivity contribution in [2.24, 2.45) is 0 Å². The Hall–Kier alpha value is -7.72. The van der Waals surface area contributed by atoms with Crippen LogP contribution in [-0.2, 0) is 0 Å². The standard InChI is InChI=1S/C58H37NOS/c1-2-15-47-40(11-1)12-8-18-48(47)41-27-25-38(26-28-41)39-29-33-44(34-30-39)59(45-35-31-42(32-36-45)49-20-10-24-56-58(49)52-17-4-6-23-55(52)61-56)46-14-7-13-43(37-46)50-19-9-22-54-57(50)51-16-3-5-21-53(51)60-54/h1-37H. The molecule has 0 N–H and O–H groups in total. The number of hydrogen-bond acceptors (Lipinski definition) is 3. The van der Waals surface area contributed by atoms with Crippen LogP contribution in [0.2, 0.25) is 0 Å². The Morgan fingerprint density at radius 2 is 0.836 bits per heavy atom. The van der Waals surface area contributed by atoms with E-state index in [1.54, 1.807) is 0 Å². The highest BCUT2D eigenvalue weighted by Gasteiger charge is 2.18. The zero-order valence-corrected chi connectivity index (χ0v) is 33.9. The number of nitrogens with zero attached hydrogens (tertiary/aromatic N) is 1. The van der Waals surface area contributed by atoms with E-state index in [1.807, 2.05) is 23.5 Å². The van der Waals surface area contributed by atoms with E-state index in [0.29, 0.717) is 0 Å². The van der Waals surface area contributed by atoms with Crippen molar-refractivity contribution < 1.29 is 4.42 Å². The van der Waals surface area contributed by atoms with Gasteiger partial charge in [-0.3, -0.25) is 0 Å². The molecule has 2 heterocycles. The molecule has 0 aliphatic carbocycles. The van der Waals surface area contributed by atoms with Crippen LogP contribution in [0.4, 0.5) is 17.1 Å². The Balaban J connectivity index is 0.948. The van der Waals surface area contributed by atoms with Crippen LogP contribution >= 0.6 is 11.3 Å². The highest BCUT2D eigenvalue weighted by Crippen LogP contribution is 2.44. The second-order valence-corrected chi connectivity index (χ2v) is 16.7. The van der Waals surface area contributed by atoms with E-state index in [2.05, 4.69) is 217 Å². The summed E-state index contributed by atoms with van der Waals surface area (Å²) in [6.45, 7) is 0. The van der Waals surface area contributed by atoms with Gasteiger partial charge >= 0.3 is 0 Å². The Bertz CT molecular complexity index is 3570. The van der Waals surface area contributed by atoms with Crippen LogP contribution in [0, 0.1) is 0 Å². The first-order valence-corrected chi connectivity index (χ1v) is 21.6. The first-order chi connectivity index (χ1) is 30.2. The van der Waals surface area contributed by atoms with Gasteiger partial charge in [0, 0.05) is 48.0 Å². The van der Waals surface area contributed by atoms with Crippen molar-refractivity contribution in [1.29, 1.82) is 0 Å². The maximum Gasteiger partial charge on any atom is 0.136 e. The summed E-state index contributed by atoms with van der Waals surface area (Å²) in [6, 6.07) is 81.1. The Kier molecular flexibility index (Phi) is 8.39. The summed E-state index contributed by atoms with van der Waals surface area (Å²) in [7, 11) is 0. The lowest BCUT2D eigenvalue weighted by atomic mass is 9.96. The molecule has 0 aliphatic rings. The van der Waals surface area contributed by atoms with Crippen molar-refractivity contribution in [3.63, 3.8) is 0 Å². The lowest BCUT2D eigenvalue weighted by Gasteiger charge is -2.26. The Morgan fingerprint density at radius 1 is 0.311 bits per heavy atom. The predicted octanol–water partition coefficient (Wildman–Crippen LogP) is 17.2. The van der Waals surface area contributed by atoms with E-state index >= 15 is 0 Å². The molecule has 61 heavy (non-hydrogen) atoms. The monoisotopic (exact) mass is 795 g/mol. The van der Waals surface area contributed by atoms with Crippen molar-refractivity contribution in [3.05, 3.63) is 224 Å². The number of hydrogen-bond donors (Lipinski definition) is 0. The molecule has 0 spiro atoms. The van der Waals surface area contributed by atoms with Gasteiger partial charge in [-0.05, 0) is 116 Å². The van der Waals surface area contributed by atoms with Crippen molar-refractivity contribution in [2.75, 3.05) is 4.90 Å². The molecule has 12 aromatic rings. The maximum atomic E-state index is 6.31. The van der Waals surface area contributed by atoms with Gasteiger partial charge in [0.2, 0.25) is 0 Å². The van der Waals surface area contributed by atoms with Gasteiger partial charge in [-0.2, -0.15) is 0 Å². The number of rotatable bonds is 7. The summed E-state index contributed by atoms with van der Waals surface area (Å²) >= 11 is 1.86. The Labute approximate surface area is 357 Å². The van der Waals surface area contributed by atoms with Gasteiger partial charge < -0.3 is 9.32 Å². The highest BCUT2D eigenvalue weighted by molar-refractivity contribution is 7.25. The molecular formula is C58H37NOS. The summed E-state index contributed by atoms with van der Waals surface area (Å²) in [6.07, 6.45) is 0. The van der Waals surface area contributed by atoms with Gasteiger partial charge in [0.05, 0.1) is 0 Å². The van der Waals surface area contributed by atoms with E-state index in [4.69, 9.17) is 4.42 Å².